The van der Waals surface area contributed by atoms with E-state index in [1.54, 1.807) is 69.3 Å². The number of nitrogens with two attached hydrogens (primary N) is 1. The summed E-state index contributed by atoms with van der Waals surface area (Å²) in [4.78, 5) is 67.9. The number of methoxy groups -OCH3 is 1. The molecule has 0 aliphatic carbocycles. The highest BCUT2D eigenvalue weighted by Crippen LogP contribution is 2.33. The van der Waals surface area contributed by atoms with Crippen molar-refractivity contribution in [3.8, 4) is 0 Å². The lowest BCUT2D eigenvalue weighted by Gasteiger charge is -2.30. The first kappa shape index (κ1) is 37.9. The molecule has 5 amide bonds. The fourth-order valence-corrected chi connectivity index (χ4v) is 5.19. The molecule has 0 fully saturated rings. The molecule has 3 aromatic rings. The highest BCUT2D eigenvalue weighted by Gasteiger charge is 2.42. The Balaban J connectivity index is 1.58. The van der Waals surface area contributed by atoms with Gasteiger partial charge >= 0.3 is 18.1 Å². The number of urea groups is 1. The monoisotopic (exact) mass is 706 g/mol. The summed E-state index contributed by atoms with van der Waals surface area (Å²) in [5, 5.41) is 21.2. The second-order valence-corrected chi connectivity index (χ2v) is 12.5. The number of hydrogen-bond donors (Lipinski definition) is 4. The Morgan fingerprint density at radius 2 is 1.78 bits per heavy atom. The number of hydrazone groups is 1. The number of amides is 5. The molecular formula is C33H42N10O8. The Kier molecular flexibility index (Phi) is 13.1. The zero-order valence-corrected chi connectivity index (χ0v) is 28.8. The smallest absolute Gasteiger partial charge is 0.408 e. The SMILES string of the molecule is COCn1nnc(CC[C@H](NC(=O)OCc2ccccc2)C(=O)N2c3ccccc3C[C@H]2C(=O)N[C@H](C=NNC(N)=O)CC(=O)OC(C)(C)C)n1. The van der Waals surface area contributed by atoms with Crippen LogP contribution in [0.2, 0.25) is 0 Å². The number of benzene rings is 2. The quantitative estimate of drug-likeness (QED) is 0.1000. The number of carbonyl (C=O) groups is 5. The van der Waals surface area contributed by atoms with Crippen LogP contribution in [0.15, 0.2) is 59.7 Å². The predicted octanol–water partition coefficient (Wildman–Crippen LogP) is 1.33. The van der Waals surface area contributed by atoms with Gasteiger partial charge in [-0.15, -0.1) is 15.0 Å². The first-order chi connectivity index (χ1) is 24.3. The number of primary amides is 1. The van der Waals surface area contributed by atoms with E-state index in [0.29, 0.717) is 17.1 Å². The predicted molar refractivity (Wildman–Crippen MR) is 182 cm³/mol. The summed E-state index contributed by atoms with van der Waals surface area (Å²) < 4.78 is 15.8. The zero-order valence-electron chi connectivity index (χ0n) is 28.8. The normalized spacial score (nSPS) is 15.1. The largest absolute Gasteiger partial charge is 0.460 e. The van der Waals surface area contributed by atoms with Crippen molar-refractivity contribution in [3.63, 3.8) is 0 Å². The van der Waals surface area contributed by atoms with Crippen molar-refractivity contribution in [2.24, 2.45) is 10.8 Å². The third-order valence-corrected chi connectivity index (χ3v) is 7.28. The van der Waals surface area contributed by atoms with E-state index in [1.165, 1.54) is 16.8 Å². The molecule has 51 heavy (non-hydrogen) atoms. The van der Waals surface area contributed by atoms with Crippen LogP contribution < -0.4 is 26.7 Å². The number of aryl methyl sites for hydroxylation is 1. The van der Waals surface area contributed by atoms with E-state index in [4.69, 9.17) is 19.9 Å². The number of anilines is 1. The van der Waals surface area contributed by atoms with Gasteiger partial charge in [0.25, 0.3) is 0 Å². The topological polar surface area (TPSA) is 234 Å². The average molecular weight is 707 g/mol. The molecule has 2 heterocycles. The van der Waals surface area contributed by atoms with E-state index in [0.717, 1.165) is 11.8 Å². The molecule has 4 rings (SSSR count). The highest BCUT2D eigenvalue weighted by molar-refractivity contribution is 6.06. The fourth-order valence-electron chi connectivity index (χ4n) is 5.19. The van der Waals surface area contributed by atoms with Crippen LogP contribution in [0.4, 0.5) is 15.3 Å². The van der Waals surface area contributed by atoms with Gasteiger partial charge in [-0.05, 0) is 49.6 Å². The van der Waals surface area contributed by atoms with Crippen molar-refractivity contribution < 1.29 is 38.2 Å². The van der Waals surface area contributed by atoms with Gasteiger partial charge < -0.3 is 30.6 Å². The number of alkyl carbamates (subject to hydrolysis) is 1. The van der Waals surface area contributed by atoms with Crippen molar-refractivity contribution in [1.29, 1.82) is 0 Å². The van der Waals surface area contributed by atoms with E-state index in [1.807, 2.05) is 11.5 Å². The van der Waals surface area contributed by atoms with E-state index >= 15 is 0 Å². The molecule has 1 aliphatic heterocycles. The van der Waals surface area contributed by atoms with E-state index in [-0.39, 0.29) is 39.0 Å². The molecule has 0 spiro atoms. The number of carbonyl (C=O) groups excluding carboxylic acids is 5. The Bertz CT molecular complexity index is 1710. The molecule has 3 atom stereocenters. The Hall–Kier alpha value is -5.91. The first-order valence-electron chi connectivity index (χ1n) is 16.1. The Morgan fingerprint density at radius 1 is 1.06 bits per heavy atom. The molecule has 0 bridgehead atoms. The van der Waals surface area contributed by atoms with Crippen LogP contribution >= 0.6 is 0 Å². The maximum absolute atomic E-state index is 14.5. The van der Waals surface area contributed by atoms with Crippen molar-refractivity contribution in [2.45, 2.75) is 83.5 Å². The molecule has 18 heteroatoms. The number of fused-ring (bicyclic) bond motifs is 1. The summed E-state index contributed by atoms with van der Waals surface area (Å²) in [5.74, 6) is -1.58. The summed E-state index contributed by atoms with van der Waals surface area (Å²) in [6, 6.07) is 11.7. The Morgan fingerprint density at radius 3 is 2.49 bits per heavy atom. The van der Waals surface area contributed by atoms with Crippen LogP contribution in [-0.4, -0.2) is 87.2 Å². The van der Waals surface area contributed by atoms with Gasteiger partial charge in [0.05, 0.1) is 12.5 Å². The van der Waals surface area contributed by atoms with Gasteiger partial charge in [-0.2, -0.15) is 5.10 Å². The molecule has 0 saturated heterocycles. The third-order valence-electron chi connectivity index (χ3n) is 7.28. The van der Waals surface area contributed by atoms with Crippen molar-refractivity contribution in [3.05, 3.63) is 71.5 Å². The zero-order chi connectivity index (χ0) is 37.0. The van der Waals surface area contributed by atoms with Gasteiger partial charge in [-0.1, -0.05) is 48.5 Å². The van der Waals surface area contributed by atoms with E-state index < -0.39 is 53.6 Å². The lowest BCUT2D eigenvalue weighted by molar-refractivity contribution is -0.155. The number of ether oxygens (including phenoxy) is 3. The molecule has 5 N–H and O–H groups in total. The minimum absolute atomic E-state index is 0.0255. The van der Waals surface area contributed by atoms with Crippen LogP contribution in [0.1, 0.15) is 50.6 Å². The van der Waals surface area contributed by atoms with Gasteiger partial charge in [0.2, 0.25) is 11.8 Å². The molecule has 0 saturated carbocycles. The van der Waals surface area contributed by atoms with Gasteiger partial charge in [0.15, 0.2) is 12.6 Å². The van der Waals surface area contributed by atoms with Crippen LogP contribution in [0.25, 0.3) is 0 Å². The Labute approximate surface area is 294 Å². The standard InChI is InChI=1S/C33H42N10O8/c1-33(2,3)51-28(44)17-23(18-35-39-31(34)47)36-29(45)26-16-22-12-8-9-13-25(22)43(26)30(46)24(14-15-27-38-41-42(40-27)20-49-4)37-32(48)50-19-21-10-6-5-7-11-21/h5-13,18,23-24,26H,14-17,19-20H2,1-4H3,(H,36,45)(H,37,48)(H3,34,39,47)/t23-,24-,26-/m0/s1. The molecular weight excluding hydrogens is 664 g/mol. The van der Waals surface area contributed by atoms with Crippen molar-refractivity contribution >= 4 is 41.8 Å². The third kappa shape index (κ3) is 11.6. The first-order valence-corrected chi connectivity index (χ1v) is 16.1. The number of hydrogen-bond acceptors (Lipinski definition) is 12. The summed E-state index contributed by atoms with van der Waals surface area (Å²) in [5.41, 5.74) is 8.25. The van der Waals surface area contributed by atoms with Crippen LogP contribution in [0, 0.1) is 0 Å². The molecule has 2 aromatic carbocycles. The maximum Gasteiger partial charge on any atom is 0.408 e. The number of tetrazole rings is 1. The minimum Gasteiger partial charge on any atom is -0.460 e. The summed E-state index contributed by atoms with van der Waals surface area (Å²) in [6.07, 6.45) is 0.232. The average Bonchev–Trinajstić information content (AvgIpc) is 3.69. The fraction of sp³-hybridized carbons (Fsp3) is 0.424. The van der Waals surface area contributed by atoms with Gasteiger partial charge in [0, 0.05) is 31.9 Å². The van der Waals surface area contributed by atoms with Crippen LogP contribution in [0.3, 0.4) is 0 Å². The van der Waals surface area contributed by atoms with E-state index in [9.17, 15) is 24.0 Å². The maximum atomic E-state index is 14.5. The minimum atomic E-state index is -1.19. The second-order valence-electron chi connectivity index (χ2n) is 12.5. The molecule has 0 radical (unpaired) electrons. The van der Waals surface area contributed by atoms with Gasteiger partial charge in [-0.25, -0.2) is 15.0 Å². The summed E-state index contributed by atoms with van der Waals surface area (Å²) in [6.45, 7) is 5.11. The lowest BCUT2D eigenvalue weighted by Crippen LogP contribution is -2.56. The van der Waals surface area contributed by atoms with Gasteiger partial charge in [-0.3, -0.25) is 19.3 Å². The lowest BCUT2D eigenvalue weighted by atomic mass is 10.1. The summed E-state index contributed by atoms with van der Waals surface area (Å²) in [7, 11) is 1.48. The number of rotatable bonds is 15. The van der Waals surface area contributed by atoms with Gasteiger partial charge in [0.1, 0.15) is 24.3 Å². The number of para-hydroxylation sites is 1. The summed E-state index contributed by atoms with van der Waals surface area (Å²) >= 11 is 0. The molecule has 272 valence electrons. The molecule has 1 aromatic heterocycles. The second kappa shape index (κ2) is 17.7. The number of aromatic nitrogens is 4. The number of nitrogens with one attached hydrogen (secondary N) is 3. The number of esters is 1. The van der Waals surface area contributed by atoms with Crippen LogP contribution in [0.5, 0.6) is 0 Å². The van der Waals surface area contributed by atoms with E-state index in [2.05, 4.69) is 31.1 Å². The van der Waals surface area contributed by atoms with Crippen LogP contribution in [-0.2, 0) is 54.8 Å². The number of nitrogens with zero attached hydrogens (tertiary/aromatic N) is 6. The molecule has 1 aliphatic rings. The van der Waals surface area contributed by atoms with Crippen molar-refractivity contribution in [1.82, 2.24) is 36.3 Å². The molecule has 18 nitrogen and oxygen atoms in total. The molecule has 0 unspecified atom stereocenters. The highest BCUT2D eigenvalue weighted by atomic mass is 16.6. The van der Waals surface area contributed by atoms with Crippen molar-refractivity contribution in [2.75, 3.05) is 12.0 Å².